The van der Waals surface area contributed by atoms with E-state index in [1.54, 1.807) is 7.11 Å². The second-order valence-electron chi connectivity index (χ2n) is 5.19. The number of benzene rings is 2. The summed E-state index contributed by atoms with van der Waals surface area (Å²) in [5.74, 6) is 0.776. The Kier molecular flexibility index (Phi) is 4.60. The highest BCUT2D eigenvalue weighted by Gasteiger charge is 2.21. The van der Waals surface area contributed by atoms with Gasteiger partial charge in [-0.25, -0.2) is 0 Å². The summed E-state index contributed by atoms with van der Waals surface area (Å²) in [5, 5.41) is 1.19. The molecule has 0 N–H and O–H groups in total. The number of methoxy groups -OCH3 is 1. The average molecular weight is 437 g/mol. The molecule has 3 aromatic rings. The molecule has 0 saturated heterocycles. The molecule has 0 fully saturated rings. The van der Waals surface area contributed by atoms with Gasteiger partial charge in [-0.15, -0.1) is 0 Å². The zero-order valence-electron chi connectivity index (χ0n) is 12.8. The molecule has 0 amide bonds. The molecule has 0 atom stereocenters. The third-order valence-electron chi connectivity index (χ3n) is 3.89. The Bertz CT molecular complexity index is 885. The molecule has 0 saturated carbocycles. The highest BCUT2D eigenvalue weighted by Crippen LogP contribution is 2.36. The van der Waals surface area contributed by atoms with Gasteiger partial charge in [0.1, 0.15) is 5.75 Å². The van der Waals surface area contributed by atoms with E-state index in [4.69, 9.17) is 4.74 Å². The monoisotopic (exact) mass is 435 g/mol. The molecular weight excluding hydrogens is 422 g/mol. The Hall–Kier alpha value is -1.59. The van der Waals surface area contributed by atoms with Gasteiger partial charge in [-0.2, -0.15) is 0 Å². The molecule has 5 heteroatoms. The van der Waals surface area contributed by atoms with Gasteiger partial charge in [-0.1, -0.05) is 34.1 Å². The number of hydrogen-bond donors (Lipinski definition) is 0. The summed E-state index contributed by atoms with van der Waals surface area (Å²) in [6.07, 6.45) is 0. The minimum atomic E-state index is 0.0616. The van der Waals surface area contributed by atoms with Crippen molar-refractivity contribution in [2.45, 2.75) is 6.92 Å². The van der Waals surface area contributed by atoms with Gasteiger partial charge in [0.2, 0.25) is 0 Å². The molecule has 118 valence electrons. The van der Waals surface area contributed by atoms with Crippen molar-refractivity contribution in [2.75, 3.05) is 12.4 Å². The van der Waals surface area contributed by atoms with Crippen LogP contribution < -0.4 is 4.74 Å². The first-order valence-corrected chi connectivity index (χ1v) is 9.03. The molecule has 0 spiro atoms. The van der Waals surface area contributed by atoms with Crippen molar-refractivity contribution >= 4 is 48.5 Å². The fraction of sp³-hybridized carbons (Fsp3) is 0.167. The van der Waals surface area contributed by atoms with E-state index in [0.717, 1.165) is 32.3 Å². The van der Waals surface area contributed by atoms with E-state index in [-0.39, 0.29) is 5.78 Å². The largest absolute Gasteiger partial charge is 0.496 e. The van der Waals surface area contributed by atoms with Crippen molar-refractivity contribution in [1.82, 2.24) is 4.57 Å². The Morgan fingerprint density at radius 2 is 1.91 bits per heavy atom. The maximum atomic E-state index is 12.5. The van der Waals surface area contributed by atoms with E-state index in [2.05, 4.69) is 36.4 Å². The van der Waals surface area contributed by atoms with E-state index in [9.17, 15) is 4.79 Å². The van der Waals surface area contributed by atoms with Crippen LogP contribution in [-0.2, 0) is 0 Å². The lowest BCUT2D eigenvalue weighted by Gasteiger charge is -2.09. The van der Waals surface area contributed by atoms with Gasteiger partial charge in [0, 0.05) is 22.3 Å². The Labute approximate surface area is 151 Å². The Morgan fingerprint density at radius 3 is 2.52 bits per heavy atom. The fourth-order valence-electron chi connectivity index (χ4n) is 2.90. The van der Waals surface area contributed by atoms with Gasteiger partial charge in [-0.05, 0) is 47.1 Å². The van der Waals surface area contributed by atoms with Crippen LogP contribution in [0.1, 0.15) is 16.1 Å². The number of para-hydroxylation sites is 1. The number of ether oxygens (including phenoxy) is 1. The second-order valence-corrected chi connectivity index (χ2v) is 6.61. The number of carbonyl (C=O) groups is 1. The van der Waals surface area contributed by atoms with E-state index in [1.165, 1.54) is 0 Å². The zero-order chi connectivity index (χ0) is 16.6. The van der Waals surface area contributed by atoms with Crippen LogP contribution in [0.5, 0.6) is 5.75 Å². The van der Waals surface area contributed by atoms with Crippen molar-refractivity contribution in [3.8, 4) is 11.4 Å². The number of rotatable bonds is 4. The summed E-state index contributed by atoms with van der Waals surface area (Å²) in [5.41, 5.74) is 3.66. The number of carbonyl (C=O) groups excluding carboxylic acids is 1. The first kappa shape index (κ1) is 16.3. The van der Waals surface area contributed by atoms with Crippen molar-refractivity contribution < 1.29 is 9.53 Å². The zero-order valence-corrected chi connectivity index (χ0v) is 15.9. The lowest BCUT2D eigenvalue weighted by atomic mass is 10.1. The van der Waals surface area contributed by atoms with Crippen LogP contribution in [0.3, 0.4) is 0 Å². The van der Waals surface area contributed by atoms with Crippen LogP contribution in [0.4, 0.5) is 0 Å². The number of halogens is 2. The molecule has 0 unspecified atom stereocenters. The SMILES string of the molecule is COc1cc2c(C(=O)CBr)c(C)n(-c3ccccc3)c2cc1Br. The number of hydrogen-bond acceptors (Lipinski definition) is 2. The topological polar surface area (TPSA) is 31.2 Å². The second kappa shape index (κ2) is 6.49. The standard InChI is InChI=1S/C18H15Br2NO2/c1-11-18(16(22)10-19)13-8-17(23-2)14(20)9-15(13)21(11)12-6-4-3-5-7-12/h3-9H,10H2,1-2H3. The Balaban J connectivity index is 2.43. The molecule has 1 heterocycles. The molecule has 2 aromatic carbocycles. The fourth-order valence-corrected chi connectivity index (χ4v) is 3.67. The normalized spacial score (nSPS) is 11.0. The summed E-state index contributed by atoms with van der Waals surface area (Å²) in [6, 6.07) is 13.9. The average Bonchev–Trinajstić information content (AvgIpc) is 2.85. The number of aromatic nitrogens is 1. The molecule has 0 bridgehead atoms. The minimum Gasteiger partial charge on any atom is -0.496 e. The van der Waals surface area contributed by atoms with Gasteiger partial charge >= 0.3 is 0 Å². The predicted molar refractivity (Wildman–Crippen MR) is 100 cm³/mol. The summed E-state index contributed by atoms with van der Waals surface area (Å²) >= 11 is 6.83. The van der Waals surface area contributed by atoms with Gasteiger partial charge < -0.3 is 9.30 Å². The molecule has 23 heavy (non-hydrogen) atoms. The van der Waals surface area contributed by atoms with Gasteiger partial charge in [0.25, 0.3) is 0 Å². The maximum Gasteiger partial charge on any atom is 0.175 e. The third kappa shape index (κ3) is 2.72. The third-order valence-corrected chi connectivity index (χ3v) is 5.02. The first-order chi connectivity index (χ1) is 11.1. The minimum absolute atomic E-state index is 0.0616. The maximum absolute atomic E-state index is 12.5. The molecule has 3 nitrogen and oxygen atoms in total. The molecule has 1 aromatic heterocycles. The summed E-state index contributed by atoms with van der Waals surface area (Å²) in [4.78, 5) is 12.5. The number of fused-ring (bicyclic) bond motifs is 1. The molecule has 0 radical (unpaired) electrons. The van der Waals surface area contributed by atoms with E-state index >= 15 is 0 Å². The van der Waals surface area contributed by atoms with E-state index in [1.807, 2.05) is 49.4 Å². The predicted octanol–water partition coefficient (Wildman–Crippen LogP) is 5.29. The van der Waals surface area contributed by atoms with Crippen molar-refractivity contribution in [2.24, 2.45) is 0 Å². The van der Waals surface area contributed by atoms with Crippen LogP contribution in [0.2, 0.25) is 0 Å². The number of ketones is 1. The van der Waals surface area contributed by atoms with Crippen LogP contribution >= 0.6 is 31.9 Å². The van der Waals surface area contributed by atoms with Crippen molar-refractivity contribution in [3.05, 3.63) is 58.2 Å². The summed E-state index contributed by atoms with van der Waals surface area (Å²) < 4.78 is 8.36. The van der Waals surface area contributed by atoms with Crippen molar-refractivity contribution in [3.63, 3.8) is 0 Å². The molecule has 3 rings (SSSR count). The highest BCUT2D eigenvalue weighted by molar-refractivity contribution is 9.10. The van der Waals surface area contributed by atoms with Crippen LogP contribution in [0.15, 0.2) is 46.9 Å². The molecule has 0 aliphatic carbocycles. The lowest BCUT2D eigenvalue weighted by Crippen LogP contribution is -2.03. The van der Waals surface area contributed by atoms with Crippen LogP contribution in [-0.4, -0.2) is 22.8 Å². The first-order valence-electron chi connectivity index (χ1n) is 7.11. The highest BCUT2D eigenvalue weighted by atomic mass is 79.9. The smallest absolute Gasteiger partial charge is 0.175 e. The van der Waals surface area contributed by atoms with Crippen LogP contribution in [0.25, 0.3) is 16.6 Å². The van der Waals surface area contributed by atoms with Gasteiger partial charge in [0.15, 0.2) is 5.78 Å². The quantitative estimate of drug-likeness (QED) is 0.411. The van der Waals surface area contributed by atoms with E-state index in [0.29, 0.717) is 11.1 Å². The van der Waals surface area contributed by atoms with Crippen molar-refractivity contribution in [1.29, 1.82) is 0 Å². The van der Waals surface area contributed by atoms with Crippen LogP contribution in [0, 0.1) is 6.92 Å². The van der Waals surface area contributed by atoms with Gasteiger partial charge in [-0.3, -0.25) is 4.79 Å². The molecular formula is C18H15Br2NO2. The number of nitrogens with zero attached hydrogens (tertiary/aromatic N) is 1. The number of alkyl halides is 1. The summed E-state index contributed by atoms with van der Waals surface area (Å²) in [7, 11) is 1.62. The molecule has 0 aliphatic rings. The Morgan fingerprint density at radius 1 is 1.22 bits per heavy atom. The van der Waals surface area contributed by atoms with Gasteiger partial charge in [0.05, 0.1) is 22.4 Å². The summed E-state index contributed by atoms with van der Waals surface area (Å²) in [6.45, 7) is 1.98. The van der Waals surface area contributed by atoms with E-state index < -0.39 is 0 Å². The molecule has 0 aliphatic heterocycles. The number of Topliss-reactive ketones (excluding diaryl/α,β-unsaturated/α-hetero) is 1. The lowest BCUT2D eigenvalue weighted by molar-refractivity contribution is 0.102.